The van der Waals surface area contributed by atoms with E-state index in [1.54, 1.807) is 4.90 Å². The number of nitrogens with two attached hydrogens (primary N) is 1. The number of rotatable bonds is 1. The van der Waals surface area contributed by atoms with E-state index in [0.717, 1.165) is 24.1 Å². The number of nitrogens with zero attached hydrogens (tertiary/aromatic N) is 1. The number of hydrogen-bond donors (Lipinski definition) is 2. The van der Waals surface area contributed by atoms with Gasteiger partial charge in [-0.15, -0.1) is 0 Å². The summed E-state index contributed by atoms with van der Waals surface area (Å²) in [7, 11) is 1.95. The highest BCUT2D eigenvalue weighted by Crippen LogP contribution is 2.32. The molecule has 2 amide bonds. The third-order valence-corrected chi connectivity index (χ3v) is 3.09. The minimum Gasteiger partial charge on any atom is -0.351 e. The topological polar surface area (TPSA) is 58.4 Å². The summed E-state index contributed by atoms with van der Waals surface area (Å²) in [5.74, 6) is 0. The van der Waals surface area contributed by atoms with Crippen LogP contribution in [-0.4, -0.2) is 19.6 Å². The van der Waals surface area contributed by atoms with Gasteiger partial charge in [-0.2, -0.15) is 0 Å². The summed E-state index contributed by atoms with van der Waals surface area (Å²) >= 11 is 0. The van der Waals surface area contributed by atoms with Gasteiger partial charge in [0.2, 0.25) is 0 Å². The predicted molar refractivity (Wildman–Crippen MR) is 64.4 cm³/mol. The van der Waals surface area contributed by atoms with Crippen molar-refractivity contribution in [3.05, 3.63) is 29.8 Å². The molecule has 0 aliphatic carbocycles. The molecule has 1 atom stereocenters. The van der Waals surface area contributed by atoms with Gasteiger partial charge >= 0.3 is 6.03 Å². The highest BCUT2D eigenvalue weighted by Gasteiger charge is 2.23. The average molecular weight is 219 g/mol. The normalized spacial score (nSPS) is 20.1. The lowest BCUT2D eigenvalue weighted by Crippen LogP contribution is -2.36. The summed E-state index contributed by atoms with van der Waals surface area (Å²) in [6.45, 7) is 0.699. The molecular formula is C12H17N3O. The van der Waals surface area contributed by atoms with E-state index in [9.17, 15) is 4.79 Å². The van der Waals surface area contributed by atoms with Crippen molar-refractivity contribution in [3.63, 3.8) is 0 Å². The van der Waals surface area contributed by atoms with Crippen molar-refractivity contribution >= 4 is 11.7 Å². The number of amides is 2. The van der Waals surface area contributed by atoms with Crippen molar-refractivity contribution in [3.8, 4) is 0 Å². The SMILES string of the molecule is CNC1CCCN(C(N)=O)c2ccccc21. The maximum Gasteiger partial charge on any atom is 0.319 e. The van der Waals surface area contributed by atoms with Crippen molar-refractivity contribution in [2.75, 3.05) is 18.5 Å². The first-order valence-electron chi connectivity index (χ1n) is 5.57. The lowest BCUT2D eigenvalue weighted by Gasteiger charge is -2.21. The molecule has 0 saturated heterocycles. The van der Waals surface area contributed by atoms with Crippen LogP contribution in [0, 0.1) is 0 Å². The first-order valence-corrected chi connectivity index (χ1v) is 5.57. The monoisotopic (exact) mass is 219 g/mol. The van der Waals surface area contributed by atoms with Gasteiger partial charge in [0, 0.05) is 12.6 Å². The fourth-order valence-corrected chi connectivity index (χ4v) is 2.29. The lowest BCUT2D eigenvalue weighted by atomic mass is 10.0. The van der Waals surface area contributed by atoms with Gasteiger partial charge in [0.15, 0.2) is 0 Å². The molecule has 4 heteroatoms. The third-order valence-electron chi connectivity index (χ3n) is 3.09. The van der Waals surface area contributed by atoms with E-state index in [0.29, 0.717) is 12.6 Å². The highest BCUT2D eigenvalue weighted by molar-refractivity contribution is 5.91. The molecule has 86 valence electrons. The van der Waals surface area contributed by atoms with Crippen LogP contribution in [0.2, 0.25) is 0 Å². The van der Waals surface area contributed by atoms with Crippen molar-refractivity contribution < 1.29 is 4.79 Å². The van der Waals surface area contributed by atoms with Crippen molar-refractivity contribution in [1.82, 2.24) is 5.32 Å². The second-order valence-corrected chi connectivity index (χ2v) is 4.03. The Balaban J connectivity index is 2.46. The summed E-state index contributed by atoms with van der Waals surface area (Å²) in [5.41, 5.74) is 7.50. The summed E-state index contributed by atoms with van der Waals surface area (Å²) in [6.07, 6.45) is 1.99. The molecule has 0 aromatic heterocycles. The second-order valence-electron chi connectivity index (χ2n) is 4.03. The third kappa shape index (κ3) is 1.88. The Bertz CT molecular complexity index is 392. The van der Waals surface area contributed by atoms with Crippen LogP contribution in [0.4, 0.5) is 10.5 Å². The molecule has 1 aromatic carbocycles. The van der Waals surface area contributed by atoms with Crippen molar-refractivity contribution in [2.24, 2.45) is 5.73 Å². The molecule has 0 fully saturated rings. The van der Waals surface area contributed by atoms with E-state index in [2.05, 4.69) is 11.4 Å². The number of primary amides is 1. The number of benzene rings is 1. The fourth-order valence-electron chi connectivity index (χ4n) is 2.29. The van der Waals surface area contributed by atoms with E-state index in [4.69, 9.17) is 5.73 Å². The zero-order valence-corrected chi connectivity index (χ0v) is 9.44. The zero-order valence-electron chi connectivity index (χ0n) is 9.44. The first-order chi connectivity index (χ1) is 7.74. The van der Waals surface area contributed by atoms with Gasteiger partial charge in [-0.3, -0.25) is 4.90 Å². The number of carbonyl (C=O) groups excluding carboxylic acids is 1. The van der Waals surface area contributed by atoms with Crippen LogP contribution in [0.15, 0.2) is 24.3 Å². The summed E-state index contributed by atoms with van der Waals surface area (Å²) in [6, 6.07) is 7.87. The Morgan fingerprint density at radius 2 is 2.25 bits per heavy atom. The zero-order chi connectivity index (χ0) is 11.5. The summed E-state index contributed by atoms with van der Waals surface area (Å²) in [4.78, 5) is 13.1. The fraction of sp³-hybridized carbons (Fsp3) is 0.417. The molecule has 0 saturated carbocycles. The lowest BCUT2D eigenvalue weighted by molar-refractivity contribution is 0.254. The van der Waals surface area contributed by atoms with Crippen LogP contribution in [0.25, 0.3) is 0 Å². The largest absolute Gasteiger partial charge is 0.351 e. The van der Waals surface area contributed by atoms with Crippen LogP contribution in [-0.2, 0) is 0 Å². The number of anilines is 1. The number of fused-ring (bicyclic) bond motifs is 1. The van der Waals surface area contributed by atoms with Crippen LogP contribution in [0.3, 0.4) is 0 Å². The van der Waals surface area contributed by atoms with Gasteiger partial charge in [0.25, 0.3) is 0 Å². The number of nitrogens with one attached hydrogen (secondary N) is 1. The van der Waals surface area contributed by atoms with Gasteiger partial charge in [0.05, 0.1) is 5.69 Å². The molecule has 0 spiro atoms. The van der Waals surface area contributed by atoms with Gasteiger partial charge in [-0.1, -0.05) is 18.2 Å². The molecule has 2 rings (SSSR count). The molecule has 0 bridgehead atoms. The van der Waals surface area contributed by atoms with E-state index < -0.39 is 0 Å². The molecular weight excluding hydrogens is 202 g/mol. The molecule has 1 aromatic rings. The maximum absolute atomic E-state index is 11.4. The quantitative estimate of drug-likeness (QED) is 0.754. The van der Waals surface area contributed by atoms with Crippen LogP contribution >= 0.6 is 0 Å². The number of carbonyl (C=O) groups is 1. The molecule has 0 radical (unpaired) electrons. The van der Waals surface area contributed by atoms with Crippen molar-refractivity contribution in [2.45, 2.75) is 18.9 Å². The molecule has 1 unspecified atom stereocenters. The Labute approximate surface area is 95.4 Å². The Morgan fingerprint density at radius 1 is 1.50 bits per heavy atom. The van der Waals surface area contributed by atoms with E-state index in [1.165, 1.54) is 0 Å². The Kier molecular flexibility index (Phi) is 3.10. The minimum atomic E-state index is -0.371. The standard InChI is InChI=1S/C12H17N3O/c1-14-10-6-4-8-15(12(13)16)11-7-3-2-5-9(10)11/h2-3,5,7,10,14H,4,6,8H2,1H3,(H2,13,16). The molecule has 1 aliphatic heterocycles. The molecule has 3 N–H and O–H groups in total. The van der Waals surface area contributed by atoms with Crippen LogP contribution < -0.4 is 16.0 Å². The van der Waals surface area contributed by atoms with Crippen LogP contribution in [0.5, 0.6) is 0 Å². The van der Waals surface area contributed by atoms with Gasteiger partial charge in [-0.05, 0) is 31.5 Å². The maximum atomic E-state index is 11.4. The number of hydrogen-bond acceptors (Lipinski definition) is 2. The number of para-hydroxylation sites is 1. The molecule has 4 nitrogen and oxygen atoms in total. The van der Waals surface area contributed by atoms with Gasteiger partial charge < -0.3 is 11.1 Å². The first kappa shape index (κ1) is 11.0. The van der Waals surface area contributed by atoms with Gasteiger partial charge in [0.1, 0.15) is 0 Å². The van der Waals surface area contributed by atoms with E-state index in [1.807, 2.05) is 25.2 Å². The predicted octanol–water partition coefficient (Wildman–Crippen LogP) is 1.63. The molecule has 16 heavy (non-hydrogen) atoms. The molecule has 1 aliphatic rings. The Hall–Kier alpha value is -1.55. The molecule has 1 heterocycles. The van der Waals surface area contributed by atoms with E-state index in [-0.39, 0.29) is 6.03 Å². The minimum absolute atomic E-state index is 0.306. The van der Waals surface area contributed by atoms with Crippen LogP contribution in [0.1, 0.15) is 24.4 Å². The second kappa shape index (κ2) is 4.53. The van der Waals surface area contributed by atoms with Gasteiger partial charge in [-0.25, -0.2) is 4.79 Å². The smallest absolute Gasteiger partial charge is 0.319 e. The Morgan fingerprint density at radius 3 is 2.94 bits per heavy atom. The van der Waals surface area contributed by atoms with E-state index >= 15 is 0 Å². The number of urea groups is 1. The van der Waals surface area contributed by atoms with Crippen molar-refractivity contribution in [1.29, 1.82) is 0 Å². The highest BCUT2D eigenvalue weighted by atomic mass is 16.2. The summed E-state index contributed by atoms with van der Waals surface area (Å²) in [5, 5.41) is 3.28. The average Bonchev–Trinajstić information content (AvgIpc) is 2.47. The summed E-state index contributed by atoms with van der Waals surface area (Å²) < 4.78 is 0.